The van der Waals surface area contributed by atoms with E-state index in [9.17, 15) is 0 Å². The summed E-state index contributed by atoms with van der Waals surface area (Å²) in [5.41, 5.74) is 4.27. The number of hydrogen-bond donors (Lipinski definition) is 1. The summed E-state index contributed by atoms with van der Waals surface area (Å²) >= 11 is 0. The molecule has 0 saturated carbocycles. The average molecular weight is 262 g/mol. The normalized spacial score (nSPS) is 12.9. The number of benzene rings is 1. The van der Waals surface area contributed by atoms with Crippen molar-refractivity contribution in [1.82, 2.24) is 10.2 Å². The fourth-order valence-corrected chi connectivity index (χ4v) is 2.32. The largest absolute Gasteiger partial charge is 0.314 e. The van der Waals surface area contributed by atoms with Crippen LogP contribution in [0.25, 0.3) is 0 Å². The Bertz CT molecular complexity index is 372. The molecule has 0 amide bonds. The van der Waals surface area contributed by atoms with Crippen LogP contribution >= 0.6 is 0 Å². The van der Waals surface area contributed by atoms with Gasteiger partial charge in [-0.2, -0.15) is 0 Å². The van der Waals surface area contributed by atoms with E-state index in [0.29, 0.717) is 6.04 Å². The van der Waals surface area contributed by atoms with Gasteiger partial charge >= 0.3 is 0 Å². The minimum atomic E-state index is 0.586. The molecule has 19 heavy (non-hydrogen) atoms. The van der Waals surface area contributed by atoms with E-state index in [2.05, 4.69) is 63.3 Å². The molecule has 1 rings (SSSR count). The summed E-state index contributed by atoms with van der Waals surface area (Å²) in [5.74, 6) is 0. The maximum Gasteiger partial charge on any atom is 0.0120 e. The van der Waals surface area contributed by atoms with Crippen LogP contribution in [0, 0.1) is 13.8 Å². The summed E-state index contributed by atoms with van der Waals surface area (Å²) in [6, 6.07) is 7.37. The quantitative estimate of drug-likeness (QED) is 0.774. The molecule has 108 valence electrons. The molecular weight excluding hydrogens is 232 g/mol. The molecule has 1 aromatic carbocycles. The highest BCUT2D eigenvalue weighted by Gasteiger charge is 2.11. The van der Waals surface area contributed by atoms with E-state index in [0.717, 1.165) is 19.5 Å². The topological polar surface area (TPSA) is 15.3 Å². The monoisotopic (exact) mass is 262 g/mol. The van der Waals surface area contributed by atoms with Crippen LogP contribution in [0.3, 0.4) is 0 Å². The van der Waals surface area contributed by atoms with E-state index in [-0.39, 0.29) is 0 Å². The van der Waals surface area contributed by atoms with Gasteiger partial charge in [0.05, 0.1) is 0 Å². The van der Waals surface area contributed by atoms with Gasteiger partial charge in [-0.25, -0.2) is 0 Å². The highest BCUT2D eigenvalue weighted by Crippen LogP contribution is 2.14. The lowest BCUT2D eigenvalue weighted by Gasteiger charge is -2.22. The van der Waals surface area contributed by atoms with E-state index >= 15 is 0 Å². The number of aryl methyl sites for hydroxylation is 2. The van der Waals surface area contributed by atoms with Crippen LogP contribution < -0.4 is 5.32 Å². The molecule has 1 unspecified atom stereocenters. The molecule has 2 nitrogen and oxygen atoms in total. The molecule has 0 aliphatic carbocycles. The zero-order valence-electron chi connectivity index (χ0n) is 13.3. The van der Waals surface area contributed by atoms with Crippen molar-refractivity contribution in [3.05, 3.63) is 34.9 Å². The van der Waals surface area contributed by atoms with Crippen molar-refractivity contribution in [2.75, 3.05) is 27.2 Å². The lowest BCUT2D eigenvalue weighted by molar-refractivity contribution is 0.356. The fraction of sp³-hybridized carbons (Fsp3) is 0.647. The molecule has 2 heteroatoms. The van der Waals surface area contributed by atoms with Gasteiger partial charge in [-0.15, -0.1) is 0 Å². The maximum atomic E-state index is 3.69. The van der Waals surface area contributed by atoms with E-state index < -0.39 is 0 Å². The third-order valence-electron chi connectivity index (χ3n) is 3.58. The Morgan fingerprint density at radius 3 is 2.58 bits per heavy atom. The highest BCUT2D eigenvalue weighted by molar-refractivity contribution is 5.31. The van der Waals surface area contributed by atoms with Gasteiger partial charge in [0.2, 0.25) is 0 Å². The summed E-state index contributed by atoms with van der Waals surface area (Å²) in [5, 5.41) is 3.69. The van der Waals surface area contributed by atoms with Gasteiger partial charge < -0.3 is 10.2 Å². The first-order valence-corrected chi connectivity index (χ1v) is 7.47. The van der Waals surface area contributed by atoms with Crippen LogP contribution in [-0.4, -0.2) is 38.1 Å². The summed E-state index contributed by atoms with van der Waals surface area (Å²) in [6.45, 7) is 8.89. The fourth-order valence-electron chi connectivity index (χ4n) is 2.32. The van der Waals surface area contributed by atoms with Crippen LogP contribution in [0.1, 0.15) is 36.5 Å². The second-order valence-electron chi connectivity index (χ2n) is 5.88. The van der Waals surface area contributed by atoms with Gasteiger partial charge in [0.1, 0.15) is 0 Å². The van der Waals surface area contributed by atoms with Crippen molar-refractivity contribution in [2.24, 2.45) is 0 Å². The molecule has 0 saturated heterocycles. The molecule has 0 bridgehead atoms. The van der Waals surface area contributed by atoms with E-state index in [1.54, 1.807) is 0 Å². The van der Waals surface area contributed by atoms with Gasteiger partial charge in [-0.1, -0.05) is 30.7 Å². The van der Waals surface area contributed by atoms with Crippen LogP contribution in [0.15, 0.2) is 18.2 Å². The van der Waals surface area contributed by atoms with Crippen LogP contribution in [0.2, 0.25) is 0 Å². The third kappa shape index (κ3) is 6.22. The smallest absolute Gasteiger partial charge is 0.0120 e. The van der Waals surface area contributed by atoms with Crippen molar-refractivity contribution in [1.29, 1.82) is 0 Å². The molecule has 0 radical (unpaired) electrons. The second-order valence-corrected chi connectivity index (χ2v) is 5.88. The van der Waals surface area contributed by atoms with Crippen molar-refractivity contribution >= 4 is 0 Å². The summed E-state index contributed by atoms with van der Waals surface area (Å²) in [7, 11) is 4.30. The van der Waals surface area contributed by atoms with Gasteiger partial charge in [-0.05, 0) is 71.4 Å². The number of hydrogen-bond acceptors (Lipinski definition) is 2. The van der Waals surface area contributed by atoms with Crippen LogP contribution in [0.4, 0.5) is 0 Å². The Labute approximate surface area is 119 Å². The van der Waals surface area contributed by atoms with Gasteiger partial charge in [0.15, 0.2) is 0 Å². The minimum absolute atomic E-state index is 0.586. The van der Waals surface area contributed by atoms with E-state index in [1.807, 2.05) is 0 Å². The minimum Gasteiger partial charge on any atom is -0.314 e. The predicted molar refractivity (Wildman–Crippen MR) is 84.9 cm³/mol. The van der Waals surface area contributed by atoms with E-state index in [1.165, 1.54) is 29.5 Å². The Hall–Kier alpha value is -0.860. The average Bonchev–Trinajstić information content (AvgIpc) is 2.36. The molecular formula is C17H30N2. The molecule has 0 aromatic heterocycles. The summed E-state index contributed by atoms with van der Waals surface area (Å²) in [4.78, 5) is 2.27. The molecule has 0 fully saturated rings. The molecule has 0 aliphatic rings. The third-order valence-corrected chi connectivity index (χ3v) is 3.58. The van der Waals surface area contributed by atoms with Gasteiger partial charge in [0.25, 0.3) is 0 Å². The predicted octanol–water partition coefficient (Wildman–Crippen LogP) is 3.17. The second kappa shape index (κ2) is 8.34. The SMILES string of the molecule is CCCNC(CCN(C)C)Cc1cc(C)ccc1C. The first-order chi connectivity index (χ1) is 9.02. The molecule has 0 spiro atoms. The molecule has 1 atom stereocenters. The van der Waals surface area contributed by atoms with E-state index in [4.69, 9.17) is 0 Å². The zero-order chi connectivity index (χ0) is 14.3. The first-order valence-electron chi connectivity index (χ1n) is 7.47. The van der Waals surface area contributed by atoms with Gasteiger partial charge in [0, 0.05) is 6.04 Å². The van der Waals surface area contributed by atoms with Crippen molar-refractivity contribution in [3.8, 4) is 0 Å². The molecule has 0 heterocycles. The summed E-state index contributed by atoms with van der Waals surface area (Å²) in [6.07, 6.45) is 3.55. The molecule has 0 aliphatic heterocycles. The Kier molecular flexibility index (Phi) is 7.11. The highest BCUT2D eigenvalue weighted by atomic mass is 15.1. The van der Waals surface area contributed by atoms with Crippen LogP contribution in [0.5, 0.6) is 0 Å². The van der Waals surface area contributed by atoms with Crippen LogP contribution in [-0.2, 0) is 6.42 Å². The summed E-state index contributed by atoms with van der Waals surface area (Å²) < 4.78 is 0. The molecule has 1 N–H and O–H groups in total. The lowest BCUT2D eigenvalue weighted by Crippen LogP contribution is -2.34. The number of rotatable bonds is 8. The lowest BCUT2D eigenvalue weighted by atomic mass is 9.97. The number of nitrogens with zero attached hydrogens (tertiary/aromatic N) is 1. The Morgan fingerprint density at radius 1 is 1.21 bits per heavy atom. The van der Waals surface area contributed by atoms with Crippen molar-refractivity contribution in [3.63, 3.8) is 0 Å². The standard InChI is InChI=1S/C17H30N2/c1-6-10-18-17(9-11-19(4)5)13-16-12-14(2)7-8-15(16)3/h7-8,12,17-18H,6,9-11,13H2,1-5H3. The van der Waals surface area contributed by atoms with Crippen molar-refractivity contribution in [2.45, 2.75) is 46.1 Å². The number of nitrogens with one attached hydrogen (secondary N) is 1. The zero-order valence-corrected chi connectivity index (χ0v) is 13.3. The Morgan fingerprint density at radius 2 is 1.95 bits per heavy atom. The maximum absolute atomic E-state index is 3.69. The molecule has 1 aromatic rings. The van der Waals surface area contributed by atoms with Crippen molar-refractivity contribution < 1.29 is 0 Å². The van der Waals surface area contributed by atoms with Gasteiger partial charge in [-0.3, -0.25) is 0 Å². The first kappa shape index (κ1) is 16.2. The Balaban J connectivity index is 2.66.